The zero-order valence-electron chi connectivity index (χ0n) is 9.93. The first-order valence-corrected chi connectivity index (χ1v) is 6.12. The molecule has 0 amide bonds. The third-order valence-electron chi connectivity index (χ3n) is 2.39. The van der Waals surface area contributed by atoms with Gasteiger partial charge in [-0.1, -0.05) is 22.0 Å². The fourth-order valence-corrected chi connectivity index (χ4v) is 1.90. The van der Waals surface area contributed by atoms with Gasteiger partial charge < -0.3 is 10.0 Å². The van der Waals surface area contributed by atoms with Gasteiger partial charge in [0.2, 0.25) is 0 Å². The molecule has 0 aliphatic heterocycles. The molecule has 0 unspecified atom stereocenters. The van der Waals surface area contributed by atoms with Crippen LogP contribution in [0.25, 0.3) is 6.08 Å². The largest absolute Gasteiger partial charge is 0.478 e. The van der Waals surface area contributed by atoms with E-state index in [4.69, 9.17) is 10.4 Å². The fourth-order valence-electron chi connectivity index (χ4n) is 1.40. The number of rotatable bonds is 5. The summed E-state index contributed by atoms with van der Waals surface area (Å²) in [5.41, 5.74) is 1.78. The summed E-state index contributed by atoms with van der Waals surface area (Å²) in [6.45, 7) is 0.660. The second kappa shape index (κ2) is 6.82. The summed E-state index contributed by atoms with van der Waals surface area (Å²) >= 11 is 3.40. The lowest BCUT2D eigenvalue weighted by Crippen LogP contribution is -2.17. The molecule has 1 aromatic rings. The van der Waals surface area contributed by atoms with Crippen molar-refractivity contribution in [1.29, 1.82) is 5.26 Å². The summed E-state index contributed by atoms with van der Waals surface area (Å²) in [6.07, 6.45) is 3.10. The molecule has 1 N–H and O–H groups in total. The Morgan fingerprint density at radius 1 is 1.61 bits per heavy atom. The number of carbonyl (C=O) groups is 1. The van der Waals surface area contributed by atoms with Crippen molar-refractivity contribution in [2.75, 3.05) is 18.5 Å². The van der Waals surface area contributed by atoms with E-state index in [0.717, 1.165) is 21.8 Å². The highest BCUT2D eigenvalue weighted by atomic mass is 79.9. The molecule has 0 radical (unpaired) electrons. The Bertz CT molecular complexity index is 506. The van der Waals surface area contributed by atoms with E-state index in [0.29, 0.717) is 13.0 Å². The van der Waals surface area contributed by atoms with Gasteiger partial charge in [0.15, 0.2) is 0 Å². The van der Waals surface area contributed by atoms with E-state index in [1.54, 1.807) is 0 Å². The van der Waals surface area contributed by atoms with Crippen LogP contribution in [0.5, 0.6) is 0 Å². The van der Waals surface area contributed by atoms with E-state index in [2.05, 4.69) is 22.0 Å². The van der Waals surface area contributed by atoms with Crippen LogP contribution in [0.3, 0.4) is 0 Å². The zero-order chi connectivity index (χ0) is 13.5. The molecule has 0 saturated heterocycles. The normalized spacial score (nSPS) is 10.3. The topological polar surface area (TPSA) is 64.3 Å². The van der Waals surface area contributed by atoms with Crippen molar-refractivity contribution >= 4 is 33.7 Å². The number of nitrogens with zero attached hydrogens (tertiary/aromatic N) is 2. The second-order valence-corrected chi connectivity index (χ2v) is 4.56. The average molecular weight is 309 g/mol. The van der Waals surface area contributed by atoms with Crippen LogP contribution in [0.2, 0.25) is 0 Å². The van der Waals surface area contributed by atoms with Gasteiger partial charge in [-0.25, -0.2) is 4.79 Å². The molecular weight excluding hydrogens is 296 g/mol. The standard InChI is InChI=1S/C13H13BrN2O2/c1-16(8-2-7-15)11-5-3-10(12(14)9-11)4-6-13(17)18/h3-6,9H,2,8H2,1H3,(H,17,18)/b6-4+. The van der Waals surface area contributed by atoms with Crippen LogP contribution in [0.1, 0.15) is 12.0 Å². The Balaban J connectivity index is 2.85. The van der Waals surface area contributed by atoms with E-state index in [-0.39, 0.29) is 0 Å². The highest BCUT2D eigenvalue weighted by Crippen LogP contribution is 2.24. The van der Waals surface area contributed by atoms with E-state index in [1.165, 1.54) is 6.08 Å². The Labute approximate surface area is 114 Å². The summed E-state index contributed by atoms with van der Waals surface area (Å²) in [5, 5.41) is 17.1. The van der Waals surface area contributed by atoms with Crippen molar-refractivity contribution in [3.63, 3.8) is 0 Å². The Kier molecular flexibility index (Phi) is 5.40. The molecule has 1 aromatic carbocycles. The first-order chi connectivity index (χ1) is 8.54. The smallest absolute Gasteiger partial charge is 0.328 e. The van der Waals surface area contributed by atoms with Crippen molar-refractivity contribution < 1.29 is 9.90 Å². The highest BCUT2D eigenvalue weighted by Gasteiger charge is 2.03. The van der Waals surface area contributed by atoms with Gasteiger partial charge in [-0.05, 0) is 23.8 Å². The quantitative estimate of drug-likeness (QED) is 0.849. The van der Waals surface area contributed by atoms with Crippen molar-refractivity contribution in [2.45, 2.75) is 6.42 Å². The number of carboxylic acids is 1. The molecule has 0 aromatic heterocycles. The van der Waals surface area contributed by atoms with Crippen molar-refractivity contribution in [1.82, 2.24) is 0 Å². The fraction of sp³-hybridized carbons (Fsp3) is 0.231. The molecule has 0 heterocycles. The van der Waals surface area contributed by atoms with Crippen LogP contribution in [0.4, 0.5) is 5.69 Å². The monoisotopic (exact) mass is 308 g/mol. The predicted molar refractivity (Wildman–Crippen MR) is 74.3 cm³/mol. The number of nitriles is 1. The van der Waals surface area contributed by atoms with Gasteiger partial charge in [-0.3, -0.25) is 0 Å². The molecule has 1 rings (SSSR count). The number of halogens is 1. The van der Waals surface area contributed by atoms with Crippen LogP contribution in [-0.4, -0.2) is 24.7 Å². The summed E-state index contributed by atoms with van der Waals surface area (Å²) in [7, 11) is 1.91. The molecule has 0 fully saturated rings. The van der Waals surface area contributed by atoms with Crippen LogP contribution in [-0.2, 0) is 4.79 Å². The van der Waals surface area contributed by atoms with Crippen LogP contribution in [0, 0.1) is 11.3 Å². The van der Waals surface area contributed by atoms with Gasteiger partial charge in [0.05, 0.1) is 12.5 Å². The lowest BCUT2D eigenvalue weighted by molar-refractivity contribution is -0.131. The molecule has 5 heteroatoms. The molecule has 0 spiro atoms. The molecule has 0 saturated carbocycles. The van der Waals surface area contributed by atoms with Crippen LogP contribution < -0.4 is 4.90 Å². The number of hydrogen-bond donors (Lipinski definition) is 1. The van der Waals surface area contributed by atoms with Gasteiger partial charge in [0.25, 0.3) is 0 Å². The van der Waals surface area contributed by atoms with Crippen molar-refractivity contribution in [3.8, 4) is 6.07 Å². The average Bonchev–Trinajstić information content (AvgIpc) is 2.34. The minimum absolute atomic E-state index is 0.467. The predicted octanol–water partition coefficient (Wildman–Crippen LogP) is 2.90. The van der Waals surface area contributed by atoms with Gasteiger partial charge in [-0.2, -0.15) is 5.26 Å². The Morgan fingerprint density at radius 2 is 2.33 bits per heavy atom. The summed E-state index contributed by atoms with van der Waals surface area (Å²) in [6, 6.07) is 7.73. The number of carboxylic acid groups (broad SMARTS) is 1. The minimum atomic E-state index is -0.975. The van der Waals surface area contributed by atoms with Crippen LogP contribution in [0.15, 0.2) is 28.7 Å². The van der Waals surface area contributed by atoms with Gasteiger partial charge in [-0.15, -0.1) is 0 Å². The second-order valence-electron chi connectivity index (χ2n) is 3.71. The highest BCUT2D eigenvalue weighted by molar-refractivity contribution is 9.10. The molecular formula is C13H13BrN2O2. The van der Waals surface area contributed by atoms with E-state index in [1.807, 2.05) is 30.1 Å². The maximum atomic E-state index is 10.4. The third kappa shape index (κ3) is 4.22. The van der Waals surface area contributed by atoms with E-state index >= 15 is 0 Å². The number of anilines is 1. The zero-order valence-corrected chi connectivity index (χ0v) is 11.5. The summed E-state index contributed by atoms with van der Waals surface area (Å²) < 4.78 is 0.821. The minimum Gasteiger partial charge on any atom is -0.478 e. The first-order valence-electron chi connectivity index (χ1n) is 5.33. The molecule has 0 bridgehead atoms. The summed E-state index contributed by atoms with van der Waals surface area (Å²) in [4.78, 5) is 12.4. The maximum absolute atomic E-state index is 10.4. The van der Waals surface area contributed by atoms with E-state index in [9.17, 15) is 4.79 Å². The molecule has 18 heavy (non-hydrogen) atoms. The van der Waals surface area contributed by atoms with Gasteiger partial charge >= 0.3 is 5.97 Å². The molecule has 0 aliphatic rings. The molecule has 0 atom stereocenters. The number of hydrogen-bond acceptors (Lipinski definition) is 3. The number of aliphatic carboxylic acids is 1. The molecule has 94 valence electrons. The molecule has 4 nitrogen and oxygen atoms in total. The summed E-state index contributed by atoms with van der Waals surface area (Å²) in [5.74, 6) is -0.975. The first kappa shape index (κ1) is 14.3. The number of benzene rings is 1. The van der Waals surface area contributed by atoms with Crippen molar-refractivity contribution in [3.05, 3.63) is 34.3 Å². The van der Waals surface area contributed by atoms with Crippen LogP contribution >= 0.6 is 15.9 Å². The Morgan fingerprint density at radius 3 is 2.89 bits per heavy atom. The SMILES string of the molecule is CN(CCC#N)c1ccc(/C=C/C(=O)O)c(Br)c1. The third-order valence-corrected chi connectivity index (χ3v) is 3.08. The Hall–Kier alpha value is -1.80. The van der Waals surface area contributed by atoms with Gasteiger partial charge in [0.1, 0.15) is 0 Å². The maximum Gasteiger partial charge on any atom is 0.328 e. The van der Waals surface area contributed by atoms with E-state index < -0.39 is 5.97 Å². The lowest BCUT2D eigenvalue weighted by Gasteiger charge is -2.18. The molecule has 0 aliphatic carbocycles. The van der Waals surface area contributed by atoms with Crippen molar-refractivity contribution in [2.24, 2.45) is 0 Å². The lowest BCUT2D eigenvalue weighted by atomic mass is 10.2. The van der Waals surface area contributed by atoms with Gasteiger partial charge in [0, 0.05) is 29.8 Å².